The van der Waals surface area contributed by atoms with Gasteiger partial charge in [0.1, 0.15) is 17.2 Å². The Labute approximate surface area is 131 Å². The predicted molar refractivity (Wildman–Crippen MR) is 77.8 cm³/mol. The highest BCUT2D eigenvalue weighted by atomic mass is 19.4. The smallest absolute Gasteiger partial charge is 0.433 e. The molecule has 5 nitrogen and oxygen atoms in total. The Morgan fingerprint density at radius 1 is 1.35 bits per heavy atom. The van der Waals surface area contributed by atoms with E-state index in [0.717, 1.165) is 36.7 Å². The molecule has 1 atom stereocenters. The van der Waals surface area contributed by atoms with Crippen LogP contribution in [-0.2, 0) is 12.7 Å². The summed E-state index contributed by atoms with van der Waals surface area (Å²) >= 11 is 0. The van der Waals surface area contributed by atoms with E-state index in [2.05, 4.69) is 20.2 Å². The molecule has 0 amide bonds. The molecule has 3 rings (SSSR count). The first-order chi connectivity index (χ1) is 10.9. The van der Waals surface area contributed by atoms with Crippen molar-refractivity contribution in [2.24, 2.45) is 0 Å². The van der Waals surface area contributed by atoms with Gasteiger partial charge in [0.15, 0.2) is 0 Å². The van der Waals surface area contributed by atoms with E-state index in [-0.39, 0.29) is 12.0 Å². The molecule has 0 aliphatic carbocycles. The van der Waals surface area contributed by atoms with Crippen LogP contribution in [0.3, 0.4) is 0 Å². The van der Waals surface area contributed by atoms with E-state index in [0.29, 0.717) is 13.1 Å². The van der Waals surface area contributed by atoms with E-state index in [1.807, 2.05) is 19.1 Å². The Kier molecular flexibility index (Phi) is 4.25. The quantitative estimate of drug-likeness (QED) is 0.936. The molecule has 0 bridgehead atoms. The molecule has 0 saturated carbocycles. The lowest BCUT2D eigenvalue weighted by molar-refractivity contribution is -0.141. The van der Waals surface area contributed by atoms with Crippen molar-refractivity contribution in [3.8, 4) is 0 Å². The van der Waals surface area contributed by atoms with Crippen LogP contribution >= 0.6 is 0 Å². The fourth-order valence-corrected chi connectivity index (χ4v) is 2.65. The van der Waals surface area contributed by atoms with Crippen LogP contribution in [0, 0.1) is 6.92 Å². The normalized spacial score (nSPS) is 19.2. The molecule has 0 spiro atoms. The lowest BCUT2D eigenvalue weighted by Gasteiger charge is -2.16. The van der Waals surface area contributed by atoms with E-state index in [1.54, 1.807) is 0 Å². The molecule has 124 valence electrons. The molecular formula is C15H17F3N4O. The zero-order valence-electron chi connectivity index (χ0n) is 12.6. The van der Waals surface area contributed by atoms with Crippen LogP contribution in [0.4, 0.5) is 19.1 Å². The van der Waals surface area contributed by atoms with Crippen molar-refractivity contribution >= 4 is 5.95 Å². The lowest BCUT2D eigenvalue weighted by atomic mass is 10.3. The van der Waals surface area contributed by atoms with Crippen molar-refractivity contribution in [3.63, 3.8) is 0 Å². The molecule has 2 aromatic rings. The Morgan fingerprint density at radius 2 is 2.17 bits per heavy atom. The number of furan rings is 1. The number of aryl methyl sites for hydroxylation is 1. The summed E-state index contributed by atoms with van der Waals surface area (Å²) in [5.74, 6) is 1.77. The Morgan fingerprint density at radius 3 is 2.87 bits per heavy atom. The Hall–Kier alpha value is -2.09. The summed E-state index contributed by atoms with van der Waals surface area (Å²) in [6.07, 6.45) is -2.52. The summed E-state index contributed by atoms with van der Waals surface area (Å²) in [5, 5.41) is 2.98. The molecule has 2 aromatic heterocycles. The van der Waals surface area contributed by atoms with Crippen LogP contribution in [0.15, 0.2) is 28.8 Å². The molecule has 8 heteroatoms. The zero-order valence-corrected chi connectivity index (χ0v) is 12.6. The monoisotopic (exact) mass is 326 g/mol. The maximum Gasteiger partial charge on any atom is 0.433 e. The standard InChI is InChI=1S/C15H17F3N4O/c1-10-2-3-12(23-10)9-22-7-5-11(8-22)20-14-19-6-4-13(21-14)15(16,17)18/h2-4,6,11H,5,7-9H2,1H3,(H,19,20,21). The first-order valence-corrected chi connectivity index (χ1v) is 7.34. The van der Waals surface area contributed by atoms with Gasteiger partial charge in [-0.15, -0.1) is 0 Å². The first-order valence-electron chi connectivity index (χ1n) is 7.34. The van der Waals surface area contributed by atoms with Crippen LogP contribution in [0.5, 0.6) is 0 Å². The fourth-order valence-electron chi connectivity index (χ4n) is 2.65. The third-order valence-electron chi connectivity index (χ3n) is 3.73. The van der Waals surface area contributed by atoms with Crippen molar-refractivity contribution in [2.75, 3.05) is 18.4 Å². The number of hydrogen-bond donors (Lipinski definition) is 1. The number of anilines is 1. The molecule has 1 aliphatic heterocycles. The molecular weight excluding hydrogens is 309 g/mol. The summed E-state index contributed by atoms with van der Waals surface area (Å²) in [5.41, 5.74) is -0.934. The third-order valence-corrected chi connectivity index (χ3v) is 3.73. The fraction of sp³-hybridized carbons (Fsp3) is 0.467. The molecule has 3 heterocycles. The Balaban J connectivity index is 1.57. The molecule has 1 saturated heterocycles. The van der Waals surface area contributed by atoms with E-state index in [9.17, 15) is 13.2 Å². The number of likely N-dealkylation sites (tertiary alicyclic amines) is 1. The maximum atomic E-state index is 12.7. The minimum atomic E-state index is -4.46. The lowest BCUT2D eigenvalue weighted by Crippen LogP contribution is -2.27. The maximum absolute atomic E-state index is 12.7. The number of nitrogens with zero attached hydrogens (tertiary/aromatic N) is 3. The topological polar surface area (TPSA) is 54.2 Å². The molecule has 1 fully saturated rings. The van der Waals surface area contributed by atoms with Gasteiger partial charge < -0.3 is 9.73 Å². The third kappa shape index (κ3) is 4.01. The first kappa shape index (κ1) is 15.8. The van der Waals surface area contributed by atoms with Crippen molar-refractivity contribution in [1.29, 1.82) is 0 Å². The van der Waals surface area contributed by atoms with Gasteiger partial charge in [-0.25, -0.2) is 9.97 Å². The highest BCUT2D eigenvalue weighted by Gasteiger charge is 2.33. The van der Waals surface area contributed by atoms with Gasteiger partial charge in [-0.2, -0.15) is 13.2 Å². The number of aromatic nitrogens is 2. The number of nitrogens with one attached hydrogen (secondary N) is 1. The average Bonchev–Trinajstić information content (AvgIpc) is 3.08. The summed E-state index contributed by atoms with van der Waals surface area (Å²) in [7, 11) is 0. The van der Waals surface area contributed by atoms with Gasteiger partial charge in [0.2, 0.25) is 5.95 Å². The Bertz CT molecular complexity index is 671. The zero-order chi connectivity index (χ0) is 16.4. The van der Waals surface area contributed by atoms with Crippen LogP contribution in [0.1, 0.15) is 23.6 Å². The van der Waals surface area contributed by atoms with E-state index < -0.39 is 11.9 Å². The SMILES string of the molecule is Cc1ccc(CN2CCC(Nc3nccc(C(F)(F)F)n3)C2)o1. The van der Waals surface area contributed by atoms with Gasteiger partial charge in [-0.1, -0.05) is 0 Å². The van der Waals surface area contributed by atoms with Gasteiger partial charge in [0.25, 0.3) is 0 Å². The van der Waals surface area contributed by atoms with Crippen molar-refractivity contribution in [3.05, 3.63) is 41.6 Å². The molecule has 0 radical (unpaired) electrons. The van der Waals surface area contributed by atoms with Crippen LogP contribution in [0.2, 0.25) is 0 Å². The summed E-state index contributed by atoms with van der Waals surface area (Å²) in [6, 6.07) is 4.74. The molecule has 1 unspecified atom stereocenters. The average molecular weight is 326 g/mol. The molecule has 1 N–H and O–H groups in total. The second-order valence-corrected chi connectivity index (χ2v) is 5.64. The van der Waals surface area contributed by atoms with Crippen LogP contribution < -0.4 is 5.32 Å². The van der Waals surface area contributed by atoms with Crippen LogP contribution in [-0.4, -0.2) is 34.0 Å². The van der Waals surface area contributed by atoms with Gasteiger partial charge in [0.05, 0.1) is 6.54 Å². The van der Waals surface area contributed by atoms with Gasteiger partial charge >= 0.3 is 6.18 Å². The van der Waals surface area contributed by atoms with Gasteiger partial charge in [-0.3, -0.25) is 4.90 Å². The number of hydrogen-bond acceptors (Lipinski definition) is 5. The van der Waals surface area contributed by atoms with Crippen molar-refractivity contribution < 1.29 is 17.6 Å². The summed E-state index contributed by atoms with van der Waals surface area (Å²) in [4.78, 5) is 9.59. The molecule has 1 aliphatic rings. The number of halogens is 3. The second kappa shape index (κ2) is 6.19. The molecule has 23 heavy (non-hydrogen) atoms. The van der Waals surface area contributed by atoms with Crippen molar-refractivity contribution in [1.82, 2.24) is 14.9 Å². The van der Waals surface area contributed by atoms with E-state index in [4.69, 9.17) is 4.42 Å². The summed E-state index contributed by atoms with van der Waals surface area (Å²) in [6.45, 7) is 4.13. The van der Waals surface area contributed by atoms with E-state index in [1.165, 1.54) is 0 Å². The highest BCUT2D eigenvalue weighted by molar-refractivity contribution is 5.28. The largest absolute Gasteiger partial charge is 0.465 e. The minimum Gasteiger partial charge on any atom is -0.465 e. The van der Waals surface area contributed by atoms with Crippen molar-refractivity contribution in [2.45, 2.75) is 32.1 Å². The number of alkyl halides is 3. The predicted octanol–water partition coefficient (Wildman–Crippen LogP) is 3.08. The minimum absolute atomic E-state index is 0.0144. The van der Waals surface area contributed by atoms with Gasteiger partial charge in [-0.05, 0) is 31.5 Å². The van der Waals surface area contributed by atoms with E-state index >= 15 is 0 Å². The number of rotatable bonds is 4. The molecule has 0 aromatic carbocycles. The van der Waals surface area contributed by atoms with Gasteiger partial charge in [0, 0.05) is 25.3 Å². The second-order valence-electron chi connectivity index (χ2n) is 5.64. The van der Waals surface area contributed by atoms with Crippen LogP contribution in [0.25, 0.3) is 0 Å². The summed E-state index contributed by atoms with van der Waals surface area (Å²) < 4.78 is 43.5. The highest BCUT2D eigenvalue weighted by Crippen LogP contribution is 2.28.